The summed E-state index contributed by atoms with van der Waals surface area (Å²) in [5.41, 5.74) is 0.408. The van der Waals surface area contributed by atoms with Gasteiger partial charge < -0.3 is 10.6 Å². The van der Waals surface area contributed by atoms with Crippen molar-refractivity contribution in [2.24, 2.45) is 11.8 Å². The number of benzene rings is 1. The van der Waals surface area contributed by atoms with Crippen molar-refractivity contribution in [2.45, 2.75) is 13.3 Å². The fourth-order valence-electron chi connectivity index (χ4n) is 2.83. The van der Waals surface area contributed by atoms with E-state index in [0.29, 0.717) is 18.0 Å². The highest BCUT2D eigenvalue weighted by Gasteiger charge is 2.31. The molecule has 24 heavy (non-hydrogen) atoms. The van der Waals surface area contributed by atoms with E-state index in [1.165, 1.54) is 18.2 Å². The van der Waals surface area contributed by atoms with Crippen molar-refractivity contribution >= 4 is 39.7 Å². The maximum atomic E-state index is 14.0. The van der Waals surface area contributed by atoms with Crippen LogP contribution in [0.2, 0.25) is 0 Å². The summed E-state index contributed by atoms with van der Waals surface area (Å²) in [7, 11) is -3.46. The average Bonchev–Trinajstić information content (AvgIpc) is 2.78. The van der Waals surface area contributed by atoms with E-state index in [1.807, 2.05) is 6.92 Å². The lowest BCUT2D eigenvalue weighted by Gasteiger charge is -2.31. The molecule has 1 aromatic rings. The van der Waals surface area contributed by atoms with Gasteiger partial charge in [-0.15, -0.1) is 12.4 Å². The van der Waals surface area contributed by atoms with Crippen molar-refractivity contribution in [1.29, 1.82) is 0 Å². The molecule has 1 atom stereocenters. The van der Waals surface area contributed by atoms with Crippen LogP contribution in [-0.4, -0.2) is 39.7 Å². The Morgan fingerprint density at radius 1 is 1.42 bits per heavy atom. The first-order chi connectivity index (χ1) is 10.9. The predicted octanol–water partition coefficient (Wildman–Crippen LogP) is 1.58. The van der Waals surface area contributed by atoms with Crippen LogP contribution in [0.15, 0.2) is 18.2 Å². The van der Waals surface area contributed by atoms with E-state index in [1.54, 1.807) is 0 Å². The van der Waals surface area contributed by atoms with Crippen molar-refractivity contribution in [3.05, 3.63) is 24.0 Å². The third-order valence-corrected chi connectivity index (χ3v) is 6.37. The molecule has 3 rings (SSSR count). The highest BCUT2D eigenvalue weighted by Crippen LogP contribution is 2.30. The number of carbonyl (C=O) groups excluding carboxylic acids is 1. The molecule has 2 saturated heterocycles. The van der Waals surface area contributed by atoms with Crippen LogP contribution in [0, 0.1) is 17.7 Å². The number of carbonyl (C=O) groups is 1. The number of anilines is 2. The number of amides is 1. The van der Waals surface area contributed by atoms with Gasteiger partial charge in [0.1, 0.15) is 5.82 Å². The Balaban J connectivity index is 0.00000208. The molecule has 0 radical (unpaired) electrons. The van der Waals surface area contributed by atoms with Crippen LogP contribution in [0.4, 0.5) is 15.8 Å². The third-order valence-electron chi connectivity index (χ3n) is 4.52. The molecule has 0 saturated carbocycles. The average molecular weight is 378 g/mol. The highest BCUT2D eigenvalue weighted by atomic mass is 35.5. The first-order valence-corrected chi connectivity index (χ1v) is 9.31. The van der Waals surface area contributed by atoms with Crippen molar-refractivity contribution in [3.8, 4) is 0 Å². The second-order valence-electron chi connectivity index (χ2n) is 6.10. The maximum Gasteiger partial charge on any atom is 0.235 e. The number of halogens is 2. The molecule has 2 fully saturated rings. The Bertz CT molecular complexity index is 725. The quantitative estimate of drug-likeness (QED) is 0.835. The highest BCUT2D eigenvalue weighted by molar-refractivity contribution is 7.93. The summed E-state index contributed by atoms with van der Waals surface area (Å²) >= 11 is 0. The van der Waals surface area contributed by atoms with E-state index in [2.05, 4.69) is 10.6 Å². The molecule has 2 aliphatic rings. The van der Waals surface area contributed by atoms with E-state index < -0.39 is 15.8 Å². The van der Waals surface area contributed by atoms with Crippen LogP contribution in [0.1, 0.15) is 13.3 Å². The number of hydrogen-bond donors (Lipinski definition) is 2. The summed E-state index contributed by atoms with van der Waals surface area (Å²) in [5, 5.41) is 5.87. The largest absolute Gasteiger partial charge is 0.326 e. The van der Waals surface area contributed by atoms with Crippen molar-refractivity contribution in [1.82, 2.24) is 5.32 Å². The van der Waals surface area contributed by atoms with E-state index >= 15 is 0 Å². The number of rotatable bonds is 4. The van der Waals surface area contributed by atoms with Gasteiger partial charge in [0.2, 0.25) is 15.9 Å². The number of nitrogens with one attached hydrogen (secondary N) is 2. The van der Waals surface area contributed by atoms with Crippen LogP contribution in [0.25, 0.3) is 0 Å². The normalized spacial score (nSPS) is 20.8. The van der Waals surface area contributed by atoms with E-state index in [-0.39, 0.29) is 42.2 Å². The van der Waals surface area contributed by atoms with Crippen molar-refractivity contribution < 1.29 is 17.6 Å². The van der Waals surface area contributed by atoms with Gasteiger partial charge in [0.05, 0.1) is 11.4 Å². The van der Waals surface area contributed by atoms with Gasteiger partial charge in [0.15, 0.2) is 0 Å². The second kappa shape index (κ2) is 7.25. The molecule has 2 heterocycles. The maximum absolute atomic E-state index is 14.0. The van der Waals surface area contributed by atoms with Gasteiger partial charge in [-0.1, -0.05) is 6.92 Å². The Kier molecular flexibility index (Phi) is 5.72. The molecule has 0 bridgehead atoms. The van der Waals surface area contributed by atoms with Crippen LogP contribution < -0.4 is 14.9 Å². The van der Waals surface area contributed by atoms with Crippen LogP contribution in [0.3, 0.4) is 0 Å². The van der Waals surface area contributed by atoms with Gasteiger partial charge in [-0.3, -0.25) is 9.10 Å². The summed E-state index contributed by atoms with van der Waals surface area (Å²) in [6, 6.07) is 4.03. The van der Waals surface area contributed by atoms with E-state index in [9.17, 15) is 17.6 Å². The minimum atomic E-state index is -3.46. The Morgan fingerprint density at radius 3 is 2.67 bits per heavy atom. The molecule has 1 amide bonds. The SMILES string of the molecule is CC(C(=O)Nc1ccc(F)c(N2CCCS2(=O)=O)c1)C1CNC1.Cl. The zero-order chi connectivity index (χ0) is 16.6. The monoisotopic (exact) mass is 377 g/mol. The van der Waals surface area contributed by atoms with E-state index in [0.717, 1.165) is 17.4 Å². The van der Waals surface area contributed by atoms with Crippen molar-refractivity contribution in [2.75, 3.05) is 35.0 Å². The Morgan fingerprint density at radius 2 is 2.12 bits per heavy atom. The van der Waals surface area contributed by atoms with E-state index in [4.69, 9.17) is 0 Å². The third kappa shape index (κ3) is 3.65. The van der Waals surface area contributed by atoms with Gasteiger partial charge in [-0.2, -0.15) is 0 Å². The summed E-state index contributed by atoms with van der Waals surface area (Å²) in [4.78, 5) is 12.2. The van der Waals surface area contributed by atoms with Gasteiger partial charge in [0, 0.05) is 18.2 Å². The molecule has 2 aliphatic heterocycles. The minimum absolute atomic E-state index is 0. The minimum Gasteiger partial charge on any atom is -0.326 e. The van der Waals surface area contributed by atoms with Crippen LogP contribution in [0.5, 0.6) is 0 Å². The first kappa shape index (κ1) is 19.0. The lowest BCUT2D eigenvalue weighted by atomic mass is 9.88. The molecule has 134 valence electrons. The summed E-state index contributed by atoms with van der Waals surface area (Å²) in [6.45, 7) is 3.75. The van der Waals surface area contributed by atoms with Crippen molar-refractivity contribution in [3.63, 3.8) is 0 Å². The predicted molar refractivity (Wildman–Crippen MR) is 93.6 cm³/mol. The standard InChI is InChI=1S/C15H20FN3O3S.ClH/c1-10(11-8-17-9-11)15(20)18-12-3-4-13(16)14(7-12)19-5-2-6-23(19,21)22;/h3-4,7,10-11,17H,2,5-6,8-9H2,1H3,(H,18,20);1H. The zero-order valence-corrected chi connectivity index (χ0v) is 14.9. The topological polar surface area (TPSA) is 78.5 Å². The summed E-state index contributed by atoms with van der Waals surface area (Å²) < 4.78 is 39.0. The fraction of sp³-hybridized carbons (Fsp3) is 0.533. The number of sulfonamides is 1. The fourth-order valence-corrected chi connectivity index (χ4v) is 4.39. The molecule has 0 spiro atoms. The second-order valence-corrected chi connectivity index (χ2v) is 8.12. The molecule has 2 N–H and O–H groups in total. The molecular formula is C15H21ClFN3O3S. The molecule has 0 aromatic heterocycles. The Labute approximate surface area is 147 Å². The Hall–Kier alpha value is -1.38. The molecule has 1 aromatic carbocycles. The molecule has 9 heteroatoms. The molecule has 1 unspecified atom stereocenters. The summed E-state index contributed by atoms with van der Waals surface area (Å²) in [6.07, 6.45) is 0.476. The van der Waals surface area contributed by atoms with Gasteiger partial charge in [0.25, 0.3) is 0 Å². The smallest absolute Gasteiger partial charge is 0.235 e. The van der Waals surface area contributed by atoms with Gasteiger partial charge in [-0.25, -0.2) is 12.8 Å². The lowest BCUT2D eigenvalue weighted by Crippen LogP contribution is -2.48. The first-order valence-electron chi connectivity index (χ1n) is 7.70. The van der Waals surface area contributed by atoms with Gasteiger partial charge >= 0.3 is 0 Å². The lowest BCUT2D eigenvalue weighted by molar-refractivity contribution is -0.121. The number of hydrogen-bond acceptors (Lipinski definition) is 4. The van der Waals surface area contributed by atoms with Crippen LogP contribution >= 0.6 is 12.4 Å². The van der Waals surface area contributed by atoms with Gasteiger partial charge in [-0.05, 0) is 43.6 Å². The molecular weight excluding hydrogens is 357 g/mol. The molecule has 0 aliphatic carbocycles. The number of nitrogens with zero attached hydrogens (tertiary/aromatic N) is 1. The zero-order valence-electron chi connectivity index (χ0n) is 13.3. The van der Waals surface area contributed by atoms with Crippen LogP contribution in [-0.2, 0) is 14.8 Å². The molecule has 6 nitrogen and oxygen atoms in total. The summed E-state index contributed by atoms with van der Waals surface area (Å²) in [5.74, 6) is -0.577.